The Bertz CT molecular complexity index is 202. The highest BCUT2D eigenvalue weighted by Gasteiger charge is 2.45. The average Bonchev–Trinajstić information content (AvgIpc) is 2.03. The van der Waals surface area contributed by atoms with Crippen molar-refractivity contribution in [2.75, 3.05) is 6.54 Å². The van der Waals surface area contributed by atoms with Gasteiger partial charge in [-0.2, -0.15) is 13.2 Å². The van der Waals surface area contributed by atoms with Gasteiger partial charge in [-0.15, -0.1) is 0 Å². The van der Waals surface area contributed by atoms with Gasteiger partial charge in [-0.25, -0.2) is 0 Å². The molecule has 0 spiro atoms. The van der Waals surface area contributed by atoms with Gasteiger partial charge in [0.1, 0.15) is 6.04 Å². The van der Waals surface area contributed by atoms with Crippen molar-refractivity contribution in [3.63, 3.8) is 0 Å². The predicted molar refractivity (Wildman–Crippen MR) is 41.1 cm³/mol. The van der Waals surface area contributed by atoms with Crippen LogP contribution in [0.15, 0.2) is 0 Å². The van der Waals surface area contributed by atoms with Crippen molar-refractivity contribution in [1.29, 1.82) is 0 Å². The Morgan fingerprint density at radius 3 is 2.38 bits per heavy atom. The quantitative estimate of drug-likeness (QED) is 0.578. The normalized spacial score (nSPS) is 24.6. The molecule has 0 bridgehead atoms. The molecule has 0 aromatic rings. The molecule has 1 heterocycles. The Morgan fingerprint density at radius 1 is 1.38 bits per heavy atom. The highest BCUT2D eigenvalue weighted by atomic mass is 19.4. The zero-order valence-corrected chi connectivity index (χ0v) is 7.40. The van der Waals surface area contributed by atoms with E-state index in [0.29, 0.717) is 12.8 Å². The van der Waals surface area contributed by atoms with Crippen molar-refractivity contribution < 1.29 is 18.0 Å². The van der Waals surface area contributed by atoms with Crippen LogP contribution in [0.25, 0.3) is 0 Å². The van der Waals surface area contributed by atoms with Crippen molar-refractivity contribution in [2.45, 2.75) is 38.4 Å². The van der Waals surface area contributed by atoms with Crippen molar-refractivity contribution in [2.24, 2.45) is 0 Å². The molecule has 0 saturated carbocycles. The minimum Gasteiger partial charge on any atom is -0.331 e. The summed E-state index contributed by atoms with van der Waals surface area (Å²) >= 11 is 0. The van der Waals surface area contributed by atoms with Gasteiger partial charge < -0.3 is 4.90 Å². The van der Waals surface area contributed by atoms with Gasteiger partial charge >= 0.3 is 6.18 Å². The van der Waals surface area contributed by atoms with Gasteiger partial charge in [0.15, 0.2) is 0 Å². The van der Waals surface area contributed by atoms with E-state index in [1.165, 1.54) is 6.92 Å². The number of hydrogen-bond donors (Lipinski definition) is 0. The van der Waals surface area contributed by atoms with E-state index in [2.05, 4.69) is 0 Å². The van der Waals surface area contributed by atoms with Crippen LogP contribution in [-0.2, 0) is 4.79 Å². The van der Waals surface area contributed by atoms with Crippen molar-refractivity contribution in [3.8, 4) is 0 Å². The van der Waals surface area contributed by atoms with Crippen LogP contribution >= 0.6 is 0 Å². The molecule has 1 amide bonds. The van der Waals surface area contributed by atoms with Gasteiger partial charge in [0.05, 0.1) is 0 Å². The lowest BCUT2D eigenvalue weighted by atomic mass is 10.0. The largest absolute Gasteiger partial charge is 0.408 e. The van der Waals surface area contributed by atoms with Gasteiger partial charge in [-0.1, -0.05) is 0 Å². The van der Waals surface area contributed by atoms with Crippen LogP contribution in [-0.4, -0.2) is 29.6 Å². The fourth-order valence-electron chi connectivity index (χ4n) is 1.65. The van der Waals surface area contributed by atoms with E-state index in [1.54, 1.807) is 0 Å². The van der Waals surface area contributed by atoms with Gasteiger partial charge in [0, 0.05) is 13.5 Å². The number of carbonyl (C=O) groups excluding carboxylic acids is 1. The molecule has 1 aliphatic heterocycles. The Hall–Kier alpha value is -0.740. The number of likely N-dealkylation sites (tertiary alicyclic amines) is 1. The van der Waals surface area contributed by atoms with E-state index in [1.807, 2.05) is 0 Å². The third kappa shape index (κ3) is 2.35. The average molecular weight is 195 g/mol. The highest BCUT2D eigenvalue weighted by Crippen LogP contribution is 2.31. The maximum atomic E-state index is 12.4. The van der Waals surface area contributed by atoms with E-state index >= 15 is 0 Å². The molecule has 1 rings (SSSR count). The van der Waals surface area contributed by atoms with Gasteiger partial charge in [0.2, 0.25) is 5.91 Å². The Balaban J connectivity index is 2.73. The standard InChI is InChI=1S/C8H12F3NO/c1-6(13)12-5-3-2-4-7(12)8(9,10)11/h7H,2-5H2,1H3/t7-/m0/s1. The number of hydrogen-bond acceptors (Lipinski definition) is 1. The Labute approximate surface area is 74.7 Å². The summed E-state index contributed by atoms with van der Waals surface area (Å²) < 4.78 is 37.1. The summed E-state index contributed by atoms with van der Waals surface area (Å²) in [6, 6.07) is -1.56. The molecule has 1 fully saturated rings. The molecule has 76 valence electrons. The molecule has 0 radical (unpaired) electrons. The summed E-state index contributed by atoms with van der Waals surface area (Å²) in [6.07, 6.45) is -3.00. The molecule has 5 heteroatoms. The summed E-state index contributed by atoms with van der Waals surface area (Å²) in [5, 5.41) is 0. The zero-order chi connectivity index (χ0) is 10.1. The number of carbonyl (C=O) groups is 1. The molecule has 0 unspecified atom stereocenters. The molecular weight excluding hydrogens is 183 g/mol. The number of nitrogens with zero attached hydrogens (tertiary/aromatic N) is 1. The van der Waals surface area contributed by atoms with Crippen LogP contribution < -0.4 is 0 Å². The zero-order valence-electron chi connectivity index (χ0n) is 7.40. The second-order valence-electron chi connectivity index (χ2n) is 3.27. The highest BCUT2D eigenvalue weighted by molar-refractivity contribution is 5.73. The summed E-state index contributed by atoms with van der Waals surface area (Å²) in [7, 11) is 0. The lowest BCUT2D eigenvalue weighted by Crippen LogP contribution is -2.50. The van der Waals surface area contributed by atoms with Gasteiger partial charge in [0.25, 0.3) is 0 Å². The van der Waals surface area contributed by atoms with Crippen LogP contribution in [0, 0.1) is 0 Å². The fraction of sp³-hybridized carbons (Fsp3) is 0.875. The molecule has 0 aromatic heterocycles. The molecule has 13 heavy (non-hydrogen) atoms. The third-order valence-electron chi connectivity index (χ3n) is 2.29. The first kappa shape index (κ1) is 10.3. The first-order valence-electron chi connectivity index (χ1n) is 4.27. The predicted octanol–water partition coefficient (Wildman–Crippen LogP) is 1.95. The first-order chi connectivity index (χ1) is 5.93. The molecule has 1 aliphatic rings. The van der Waals surface area contributed by atoms with Gasteiger partial charge in [-0.05, 0) is 19.3 Å². The second kappa shape index (κ2) is 3.55. The van der Waals surface area contributed by atoms with Crippen molar-refractivity contribution >= 4 is 5.91 Å². The van der Waals surface area contributed by atoms with E-state index in [-0.39, 0.29) is 13.0 Å². The lowest BCUT2D eigenvalue weighted by molar-refractivity contribution is -0.195. The SMILES string of the molecule is CC(=O)N1CCCC[C@H]1C(F)(F)F. The molecule has 0 N–H and O–H groups in total. The van der Waals surface area contributed by atoms with Crippen LogP contribution in [0.1, 0.15) is 26.2 Å². The lowest BCUT2D eigenvalue weighted by Gasteiger charge is -2.36. The molecule has 1 saturated heterocycles. The summed E-state index contributed by atoms with van der Waals surface area (Å²) in [5.41, 5.74) is 0. The minimum atomic E-state index is -4.27. The third-order valence-corrected chi connectivity index (χ3v) is 2.29. The molecule has 1 atom stereocenters. The van der Waals surface area contributed by atoms with E-state index in [0.717, 1.165) is 4.90 Å². The number of halogens is 3. The maximum Gasteiger partial charge on any atom is 0.408 e. The minimum absolute atomic E-state index is 0.0447. The van der Waals surface area contributed by atoms with E-state index in [9.17, 15) is 18.0 Å². The fourth-order valence-corrected chi connectivity index (χ4v) is 1.65. The molecule has 0 aliphatic carbocycles. The first-order valence-corrected chi connectivity index (χ1v) is 4.27. The number of alkyl halides is 3. The second-order valence-corrected chi connectivity index (χ2v) is 3.27. The monoisotopic (exact) mass is 195 g/mol. The van der Waals surface area contributed by atoms with Gasteiger partial charge in [-0.3, -0.25) is 4.79 Å². The van der Waals surface area contributed by atoms with E-state index in [4.69, 9.17) is 0 Å². The number of amides is 1. The van der Waals surface area contributed by atoms with Crippen LogP contribution in [0.4, 0.5) is 13.2 Å². The summed E-state index contributed by atoms with van der Waals surface area (Å²) in [6.45, 7) is 1.42. The summed E-state index contributed by atoms with van der Waals surface area (Å²) in [4.78, 5) is 11.8. The van der Waals surface area contributed by atoms with Crippen molar-refractivity contribution in [3.05, 3.63) is 0 Å². The van der Waals surface area contributed by atoms with E-state index < -0.39 is 18.1 Å². The van der Waals surface area contributed by atoms with Crippen LogP contribution in [0.2, 0.25) is 0 Å². The molecule has 0 aromatic carbocycles. The number of piperidine rings is 1. The Kier molecular flexibility index (Phi) is 2.83. The smallest absolute Gasteiger partial charge is 0.331 e. The molecular formula is C8H12F3NO. The number of rotatable bonds is 0. The maximum absolute atomic E-state index is 12.4. The van der Waals surface area contributed by atoms with Crippen LogP contribution in [0.5, 0.6) is 0 Å². The molecule has 2 nitrogen and oxygen atoms in total. The topological polar surface area (TPSA) is 20.3 Å². The summed E-state index contributed by atoms with van der Waals surface area (Å²) in [5.74, 6) is -0.484. The Morgan fingerprint density at radius 2 is 2.00 bits per heavy atom. The van der Waals surface area contributed by atoms with Crippen LogP contribution in [0.3, 0.4) is 0 Å². The van der Waals surface area contributed by atoms with Crippen molar-refractivity contribution in [1.82, 2.24) is 4.90 Å².